The van der Waals surface area contributed by atoms with Crippen LogP contribution >= 0.6 is 0 Å². The zero-order valence-electron chi connectivity index (χ0n) is 15.6. The Labute approximate surface area is 157 Å². The number of carbonyl (C=O) groups excluding carboxylic acids is 2. The lowest BCUT2D eigenvalue weighted by Crippen LogP contribution is -2.46. The summed E-state index contributed by atoms with van der Waals surface area (Å²) < 4.78 is 10.4. The molecule has 0 bridgehead atoms. The number of benzene rings is 1. The Balaban J connectivity index is 1.45. The van der Waals surface area contributed by atoms with Crippen molar-refractivity contribution in [3.05, 3.63) is 41.2 Å². The maximum atomic E-state index is 12.4. The summed E-state index contributed by atoms with van der Waals surface area (Å²) in [6, 6.07) is 7.94. The number of aromatic nitrogens is 2. The van der Waals surface area contributed by atoms with Crippen molar-refractivity contribution in [1.29, 1.82) is 0 Å². The molecule has 1 aromatic heterocycles. The molecule has 0 unspecified atom stereocenters. The Bertz CT molecular complexity index is 787. The quantitative estimate of drug-likeness (QED) is 0.829. The molecule has 0 radical (unpaired) electrons. The van der Waals surface area contributed by atoms with E-state index in [0.29, 0.717) is 25.4 Å². The van der Waals surface area contributed by atoms with Gasteiger partial charge in [-0.15, -0.1) is 0 Å². The third kappa shape index (κ3) is 5.06. The van der Waals surface area contributed by atoms with Gasteiger partial charge in [-0.2, -0.15) is 0 Å². The van der Waals surface area contributed by atoms with Crippen molar-refractivity contribution in [3.63, 3.8) is 0 Å². The van der Waals surface area contributed by atoms with Crippen LogP contribution in [0.3, 0.4) is 0 Å². The number of piperidine rings is 1. The average molecular weight is 372 g/mol. The summed E-state index contributed by atoms with van der Waals surface area (Å²) in [6.45, 7) is 5.48. The van der Waals surface area contributed by atoms with Crippen LogP contribution in [0.1, 0.15) is 34.6 Å². The summed E-state index contributed by atoms with van der Waals surface area (Å²) in [4.78, 5) is 26.2. The number of hydrogen-bond donors (Lipinski definition) is 1. The van der Waals surface area contributed by atoms with Crippen LogP contribution in [-0.2, 0) is 4.79 Å². The zero-order chi connectivity index (χ0) is 19.2. The first kappa shape index (κ1) is 18.9. The monoisotopic (exact) mass is 372 g/mol. The van der Waals surface area contributed by atoms with E-state index in [1.807, 2.05) is 31.2 Å². The minimum absolute atomic E-state index is 0.0727. The van der Waals surface area contributed by atoms with Gasteiger partial charge in [-0.1, -0.05) is 22.9 Å². The van der Waals surface area contributed by atoms with E-state index in [-0.39, 0.29) is 24.1 Å². The molecule has 1 saturated heterocycles. The molecule has 3 rings (SSSR count). The molecule has 0 spiro atoms. The van der Waals surface area contributed by atoms with Crippen molar-refractivity contribution in [2.45, 2.75) is 26.7 Å². The van der Waals surface area contributed by atoms with Crippen LogP contribution in [0.15, 0.2) is 28.9 Å². The fourth-order valence-electron chi connectivity index (χ4n) is 3.07. The molecule has 1 aliphatic rings. The van der Waals surface area contributed by atoms with Gasteiger partial charge in [-0.05, 0) is 44.0 Å². The molecule has 1 fully saturated rings. The standard InChI is InChI=1S/C19H24N4O4/c1-13-5-7-16(8-6-13)26-12-15-4-3-9-23(11-15)17(24)10-20-19(25)18-14(2)21-27-22-18/h5-8,15H,3-4,9-12H2,1-2H3,(H,20,25)/t15-/m1/s1. The third-order valence-electron chi connectivity index (χ3n) is 4.65. The molecular formula is C19H24N4O4. The second-order valence-electron chi connectivity index (χ2n) is 6.85. The second-order valence-corrected chi connectivity index (χ2v) is 6.85. The summed E-state index contributed by atoms with van der Waals surface area (Å²) in [6.07, 6.45) is 1.94. The highest BCUT2D eigenvalue weighted by Gasteiger charge is 2.25. The van der Waals surface area contributed by atoms with Crippen LogP contribution in [0.25, 0.3) is 0 Å². The van der Waals surface area contributed by atoms with E-state index in [2.05, 4.69) is 20.3 Å². The summed E-state index contributed by atoms with van der Waals surface area (Å²) in [5.74, 6) is 0.547. The maximum Gasteiger partial charge on any atom is 0.275 e. The number of likely N-dealkylation sites (tertiary alicyclic amines) is 1. The van der Waals surface area contributed by atoms with Gasteiger partial charge in [0.15, 0.2) is 5.69 Å². The highest BCUT2D eigenvalue weighted by molar-refractivity contribution is 5.95. The highest BCUT2D eigenvalue weighted by atomic mass is 16.6. The molecule has 144 valence electrons. The van der Waals surface area contributed by atoms with Crippen molar-refractivity contribution < 1.29 is 19.0 Å². The van der Waals surface area contributed by atoms with E-state index in [0.717, 1.165) is 18.6 Å². The van der Waals surface area contributed by atoms with Gasteiger partial charge in [0.1, 0.15) is 11.4 Å². The Kier molecular flexibility index (Phi) is 6.05. The first-order valence-corrected chi connectivity index (χ1v) is 9.07. The molecule has 8 nitrogen and oxygen atoms in total. The lowest BCUT2D eigenvalue weighted by molar-refractivity contribution is -0.132. The molecule has 0 aliphatic carbocycles. The Morgan fingerprint density at radius 3 is 2.74 bits per heavy atom. The topological polar surface area (TPSA) is 97.6 Å². The summed E-state index contributed by atoms with van der Waals surface area (Å²) in [5.41, 5.74) is 1.69. The van der Waals surface area contributed by atoms with E-state index in [4.69, 9.17) is 4.74 Å². The summed E-state index contributed by atoms with van der Waals surface area (Å²) in [7, 11) is 0. The third-order valence-corrected chi connectivity index (χ3v) is 4.65. The molecule has 1 N–H and O–H groups in total. The van der Waals surface area contributed by atoms with Gasteiger partial charge in [-0.3, -0.25) is 9.59 Å². The first-order valence-electron chi connectivity index (χ1n) is 9.07. The Morgan fingerprint density at radius 2 is 2.04 bits per heavy atom. The maximum absolute atomic E-state index is 12.4. The van der Waals surface area contributed by atoms with E-state index < -0.39 is 5.91 Å². The number of rotatable bonds is 6. The fourth-order valence-corrected chi connectivity index (χ4v) is 3.07. The van der Waals surface area contributed by atoms with Gasteiger partial charge in [0.2, 0.25) is 5.91 Å². The molecule has 2 aromatic rings. The molecule has 8 heteroatoms. The van der Waals surface area contributed by atoms with E-state index in [1.165, 1.54) is 5.56 Å². The number of hydrogen-bond acceptors (Lipinski definition) is 6. The van der Waals surface area contributed by atoms with Gasteiger partial charge in [-0.25, -0.2) is 4.63 Å². The predicted octanol–water partition coefficient (Wildman–Crippen LogP) is 1.73. The van der Waals surface area contributed by atoms with Crippen molar-refractivity contribution in [2.24, 2.45) is 5.92 Å². The minimum Gasteiger partial charge on any atom is -0.493 e. The number of ether oxygens (including phenoxy) is 1. The molecule has 27 heavy (non-hydrogen) atoms. The average Bonchev–Trinajstić information content (AvgIpc) is 3.11. The van der Waals surface area contributed by atoms with Crippen LogP contribution in [-0.4, -0.2) is 53.3 Å². The molecule has 1 aliphatic heterocycles. The highest BCUT2D eigenvalue weighted by Crippen LogP contribution is 2.19. The number of aryl methyl sites for hydroxylation is 2. The molecule has 0 saturated carbocycles. The molecule has 1 atom stereocenters. The first-order chi connectivity index (χ1) is 13.0. The summed E-state index contributed by atoms with van der Waals surface area (Å²) >= 11 is 0. The van der Waals surface area contributed by atoms with Gasteiger partial charge < -0.3 is 15.0 Å². The number of carbonyl (C=O) groups is 2. The predicted molar refractivity (Wildman–Crippen MR) is 97.3 cm³/mol. The van der Waals surface area contributed by atoms with E-state index >= 15 is 0 Å². The number of amides is 2. The zero-order valence-corrected chi connectivity index (χ0v) is 15.6. The lowest BCUT2D eigenvalue weighted by Gasteiger charge is -2.32. The molecular weight excluding hydrogens is 348 g/mol. The van der Waals surface area contributed by atoms with E-state index in [9.17, 15) is 9.59 Å². The number of nitrogens with one attached hydrogen (secondary N) is 1. The smallest absolute Gasteiger partial charge is 0.275 e. The largest absolute Gasteiger partial charge is 0.493 e. The number of nitrogens with zero attached hydrogens (tertiary/aromatic N) is 3. The summed E-state index contributed by atoms with van der Waals surface area (Å²) in [5, 5.41) is 9.67. The van der Waals surface area contributed by atoms with Crippen LogP contribution in [0.4, 0.5) is 0 Å². The fraction of sp³-hybridized carbons (Fsp3) is 0.474. The van der Waals surface area contributed by atoms with Crippen molar-refractivity contribution in [3.8, 4) is 5.75 Å². The molecule has 2 amide bonds. The van der Waals surface area contributed by atoms with Crippen LogP contribution in [0.2, 0.25) is 0 Å². The van der Waals surface area contributed by atoms with Gasteiger partial charge >= 0.3 is 0 Å². The SMILES string of the molecule is Cc1ccc(OC[C@@H]2CCCN(C(=O)CNC(=O)c3nonc3C)C2)cc1. The van der Waals surface area contributed by atoms with Crippen LogP contribution in [0, 0.1) is 19.8 Å². The van der Waals surface area contributed by atoms with Gasteiger partial charge in [0, 0.05) is 19.0 Å². The van der Waals surface area contributed by atoms with Crippen molar-refractivity contribution in [2.75, 3.05) is 26.2 Å². The van der Waals surface area contributed by atoms with Crippen molar-refractivity contribution >= 4 is 11.8 Å². The minimum atomic E-state index is -0.460. The van der Waals surface area contributed by atoms with Gasteiger partial charge in [0.25, 0.3) is 5.91 Å². The second kappa shape index (κ2) is 8.66. The Morgan fingerprint density at radius 1 is 1.26 bits per heavy atom. The Hall–Kier alpha value is -2.90. The van der Waals surface area contributed by atoms with Crippen LogP contribution in [0.5, 0.6) is 5.75 Å². The van der Waals surface area contributed by atoms with Crippen LogP contribution < -0.4 is 10.1 Å². The van der Waals surface area contributed by atoms with Crippen molar-refractivity contribution in [1.82, 2.24) is 20.5 Å². The molecule has 2 heterocycles. The lowest BCUT2D eigenvalue weighted by atomic mass is 9.99. The normalized spacial score (nSPS) is 16.8. The van der Waals surface area contributed by atoms with E-state index in [1.54, 1.807) is 11.8 Å². The van der Waals surface area contributed by atoms with Gasteiger partial charge in [0.05, 0.1) is 13.2 Å². The molecule has 1 aromatic carbocycles.